The van der Waals surface area contributed by atoms with Crippen LogP contribution in [0.25, 0.3) is 0 Å². The molecule has 96 valence electrons. The van der Waals surface area contributed by atoms with E-state index in [0.29, 0.717) is 0 Å². The number of rotatable bonds is 0. The van der Waals surface area contributed by atoms with E-state index in [-0.39, 0.29) is 6.03 Å². The summed E-state index contributed by atoms with van der Waals surface area (Å²) in [6.07, 6.45) is 0.919. The standard InChI is InChI=1S/C16H16N2O/c1-17-14-7-3-12(4-8-14)11-13-5-9-15(10-6-13)18(2)16(17)19/h3-10H,11H2,1-2H3. The quantitative estimate of drug-likeness (QED) is 0.705. The van der Waals surface area contributed by atoms with Crippen LogP contribution in [0, 0.1) is 0 Å². The second-order valence-corrected chi connectivity index (χ2v) is 4.91. The lowest BCUT2D eigenvalue weighted by atomic mass is 10.0. The third kappa shape index (κ3) is 2.08. The fraction of sp³-hybridized carbons (Fsp3) is 0.188. The van der Waals surface area contributed by atoms with Gasteiger partial charge in [-0.2, -0.15) is 0 Å². The second kappa shape index (κ2) is 4.43. The lowest BCUT2D eigenvalue weighted by Crippen LogP contribution is -2.39. The predicted molar refractivity (Wildman–Crippen MR) is 77.9 cm³/mol. The Labute approximate surface area is 113 Å². The average Bonchev–Trinajstić information content (AvgIpc) is 2.46. The molecule has 3 nitrogen and oxygen atoms in total. The van der Waals surface area contributed by atoms with Gasteiger partial charge < -0.3 is 0 Å². The van der Waals surface area contributed by atoms with E-state index in [1.807, 2.05) is 24.3 Å². The first-order chi connectivity index (χ1) is 9.15. The summed E-state index contributed by atoms with van der Waals surface area (Å²) >= 11 is 0. The number of urea groups is 1. The van der Waals surface area contributed by atoms with E-state index in [9.17, 15) is 4.79 Å². The number of nitrogens with zero attached hydrogens (tertiary/aromatic N) is 2. The van der Waals surface area contributed by atoms with E-state index in [0.717, 1.165) is 17.8 Å². The van der Waals surface area contributed by atoms with E-state index >= 15 is 0 Å². The van der Waals surface area contributed by atoms with Crippen molar-refractivity contribution in [1.29, 1.82) is 0 Å². The summed E-state index contributed by atoms with van der Waals surface area (Å²) in [6, 6.07) is 16.3. The Morgan fingerprint density at radius 3 is 1.47 bits per heavy atom. The molecule has 19 heavy (non-hydrogen) atoms. The molecule has 4 heterocycles. The zero-order chi connectivity index (χ0) is 13.4. The number of hydrogen-bond donors (Lipinski definition) is 0. The van der Waals surface area contributed by atoms with Crippen LogP contribution in [0.3, 0.4) is 0 Å². The van der Waals surface area contributed by atoms with Gasteiger partial charge in [0.2, 0.25) is 0 Å². The van der Waals surface area contributed by atoms with Gasteiger partial charge in [0, 0.05) is 25.5 Å². The number of amides is 2. The van der Waals surface area contributed by atoms with Gasteiger partial charge in [0.05, 0.1) is 0 Å². The maximum absolute atomic E-state index is 12.4. The summed E-state index contributed by atoms with van der Waals surface area (Å²) < 4.78 is 0. The van der Waals surface area contributed by atoms with Crippen LogP contribution in [0.15, 0.2) is 48.5 Å². The van der Waals surface area contributed by atoms with Crippen molar-refractivity contribution in [3.05, 3.63) is 59.7 Å². The van der Waals surface area contributed by atoms with Gasteiger partial charge in [0.1, 0.15) is 0 Å². The lowest BCUT2D eigenvalue weighted by molar-refractivity contribution is 0.253. The Morgan fingerprint density at radius 2 is 1.11 bits per heavy atom. The first kappa shape index (κ1) is 11.8. The van der Waals surface area contributed by atoms with Gasteiger partial charge in [-0.25, -0.2) is 4.79 Å². The molecule has 0 radical (unpaired) electrons. The Balaban J connectivity index is 2.14. The number of hydrogen-bond acceptors (Lipinski definition) is 1. The molecule has 2 aromatic carbocycles. The smallest absolute Gasteiger partial charge is 0.297 e. The predicted octanol–water partition coefficient (Wildman–Crippen LogP) is 3.28. The van der Waals surface area contributed by atoms with Crippen LogP contribution in [0.1, 0.15) is 11.1 Å². The molecule has 6 rings (SSSR count). The highest BCUT2D eigenvalue weighted by Gasteiger charge is 2.17. The van der Waals surface area contributed by atoms with Gasteiger partial charge in [-0.05, 0) is 41.8 Å². The van der Waals surface area contributed by atoms with E-state index in [2.05, 4.69) is 24.3 Å². The fourth-order valence-electron chi connectivity index (χ4n) is 2.36. The molecule has 4 bridgehead atoms. The van der Waals surface area contributed by atoms with E-state index < -0.39 is 0 Å². The Morgan fingerprint density at radius 1 is 0.737 bits per heavy atom. The van der Waals surface area contributed by atoms with Gasteiger partial charge >= 0.3 is 6.03 Å². The number of carbonyl (C=O) groups excluding carboxylic acids is 1. The highest BCUT2D eigenvalue weighted by molar-refractivity contribution is 6.02. The molecule has 0 saturated heterocycles. The number of benzene rings is 2. The van der Waals surface area contributed by atoms with Crippen molar-refractivity contribution in [3.8, 4) is 0 Å². The molecule has 4 aliphatic heterocycles. The molecule has 4 aliphatic rings. The highest BCUT2D eigenvalue weighted by Crippen LogP contribution is 2.22. The van der Waals surface area contributed by atoms with Crippen LogP contribution in [-0.2, 0) is 6.42 Å². The molecule has 0 aliphatic carbocycles. The topological polar surface area (TPSA) is 23.6 Å². The third-order valence-corrected chi connectivity index (χ3v) is 3.63. The van der Waals surface area contributed by atoms with E-state index in [4.69, 9.17) is 0 Å². The molecule has 0 saturated carbocycles. The van der Waals surface area contributed by atoms with Crippen molar-refractivity contribution in [2.75, 3.05) is 23.9 Å². The van der Waals surface area contributed by atoms with Crippen molar-refractivity contribution in [2.24, 2.45) is 0 Å². The maximum Gasteiger partial charge on any atom is 0.328 e. The Hall–Kier alpha value is -2.29. The average molecular weight is 252 g/mol. The minimum atomic E-state index is -0.0407. The van der Waals surface area contributed by atoms with Crippen molar-refractivity contribution in [1.82, 2.24) is 0 Å². The second-order valence-electron chi connectivity index (χ2n) is 4.91. The molecular weight excluding hydrogens is 236 g/mol. The first-order valence-corrected chi connectivity index (χ1v) is 6.34. The van der Waals surface area contributed by atoms with Crippen LogP contribution in [-0.4, -0.2) is 20.1 Å². The minimum absolute atomic E-state index is 0.0407. The van der Waals surface area contributed by atoms with Crippen LogP contribution >= 0.6 is 0 Å². The monoisotopic (exact) mass is 252 g/mol. The first-order valence-electron chi connectivity index (χ1n) is 6.34. The Bertz CT molecular complexity index is 548. The normalized spacial score (nSPS) is 14.5. The summed E-state index contributed by atoms with van der Waals surface area (Å²) in [4.78, 5) is 15.7. The molecule has 0 unspecified atom stereocenters. The van der Waals surface area contributed by atoms with Gasteiger partial charge in [-0.15, -0.1) is 0 Å². The molecule has 0 aromatic heterocycles. The number of anilines is 2. The van der Waals surface area contributed by atoms with Crippen molar-refractivity contribution in [3.63, 3.8) is 0 Å². The van der Waals surface area contributed by atoms with Gasteiger partial charge in [-0.1, -0.05) is 24.3 Å². The molecule has 0 fully saturated rings. The molecule has 0 atom stereocenters. The van der Waals surface area contributed by atoms with Crippen LogP contribution in [0.5, 0.6) is 0 Å². The summed E-state index contributed by atoms with van der Waals surface area (Å²) in [5.74, 6) is 0. The van der Waals surface area contributed by atoms with Crippen LogP contribution < -0.4 is 9.80 Å². The molecule has 2 amide bonds. The largest absolute Gasteiger partial charge is 0.328 e. The van der Waals surface area contributed by atoms with E-state index in [1.54, 1.807) is 23.9 Å². The maximum atomic E-state index is 12.4. The van der Waals surface area contributed by atoms with Crippen molar-refractivity contribution in [2.45, 2.75) is 6.42 Å². The zero-order valence-electron chi connectivity index (χ0n) is 11.1. The fourth-order valence-corrected chi connectivity index (χ4v) is 2.36. The van der Waals surface area contributed by atoms with Crippen LogP contribution in [0.2, 0.25) is 0 Å². The lowest BCUT2D eigenvalue weighted by Gasteiger charge is -2.26. The summed E-state index contributed by atoms with van der Waals surface area (Å²) in [5, 5.41) is 0. The summed E-state index contributed by atoms with van der Waals surface area (Å²) in [7, 11) is 3.60. The van der Waals surface area contributed by atoms with E-state index in [1.165, 1.54) is 11.1 Å². The third-order valence-electron chi connectivity index (χ3n) is 3.63. The zero-order valence-corrected chi connectivity index (χ0v) is 11.1. The minimum Gasteiger partial charge on any atom is -0.297 e. The molecule has 2 aromatic rings. The SMILES string of the molecule is CN1C(=O)N(C)c2ccc(cc2)Cc2ccc1cc2. The molecule has 0 N–H and O–H groups in total. The highest BCUT2D eigenvalue weighted by atomic mass is 16.2. The summed E-state index contributed by atoms with van der Waals surface area (Å²) in [5.41, 5.74) is 4.34. The summed E-state index contributed by atoms with van der Waals surface area (Å²) in [6.45, 7) is 0. The molecule has 0 spiro atoms. The van der Waals surface area contributed by atoms with Crippen molar-refractivity contribution < 1.29 is 4.79 Å². The van der Waals surface area contributed by atoms with Gasteiger partial charge in [-0.3, -0.25) is 9.80 Å². The number of carbonyl (C=O) groups is 1. The van der Waals surface area contributed by atoms with Gasteiger partial charge in [0.25, 0.3) is 0 Å². The molecule has 3 heteroatoms. The van der Waals surface area contributed by atoms with Crippen LogP contribution in [0.4, 0.5) is 16.2 Å². The molecular formula is C16H16N2O. The van der Waals surface area contributed by atoms with Gasteiger partial charge in [0.15, 0.2) is 0 Å². The van der Waals surface area contributed by atoms with Crippen molar-refractivity contribution >= 4 is 17.4 Å². The Kier molecular flexibility index (Phi) is 2.75.